The number of ether oxygens (including phenoxy) is 1. The molecule has 2 rings (SSSR count). The molecule has 0 bridgehead atoms. The van der Waals surface area contributed by atoms with Gasteiger partial charge in [0, 0.05) is 31.7 Å². The number of guanidine groups is 1. The zero-order chi connectivity index (χ0) is 18.1. The van der Waals surface area contributed by atoms with E-state index < -0.39 is 0 Å². The molecule has 0 spiro atoms. The number of nitrogens with zero attached hydrogens (tertiary/aromatic N) is 1. The Kier molecular flexibility index (Phi) is 11.0. The lowest BCUT2D eigenvalue weighted by atomic mass is 9.67. The van der Waals surface area contributed by atoms with Crippen LogP contribution in [0.4, 0.5) is 0 Å². The van der Waals surface area contributed by atoms with Crippen LogP contribution in [0.1, 0.15) is 43.7 Å². The fraction of sp³-hybridized carbons (Fsp3) is 0.650. The van der Waals surface area contributed by atoms with Crippen LogP contribution in [0.3, 0.4) is 0 Å². The van der Waals surface area contributed by atoms with Crippen LogP contribution in [0.15, 0.2) is 28.1 Å². The van der Waals surface area contributed by atoms with Crippen molar-refractivity contribution in [1.29, 1.82) is 0 Å². The number of rotatable bonds is 9. The molecule has 0 radical (unpaired) electrons. The van der Waals surface area contributed by atoms with Gasteiger partial charge >= 0.3 is 0 Å². The summed E-state index contributed by atoms with van der Waals surface area (Å²) in [4.78, 5) is 6.13. The van der Waals surface area contributed by atoms with E-state index in [4.69, 9.17) is 9.73 Å². The Hall–Kier alpha value is -0.470. The van der Waals surface area contributed by atoms with E-state index in [1.165, 1.54) is 35.3 Å². The fourth-order valence-corrected chi connectivity index (χ4v) is 3.97. The van der Waals surface area contributed by atoms with Gasteiger partial charge in [-0.3, -0.25) is 0 Å². The van der Waals surface area contributed by atoms with Crippen molar-refractivity contribution < 1.29 is 4.74 Å². The van der Waals surface area contributed by atoms with Crippen LogP contribution in [0.2, 0.25) is 0 Å². The van der Waals surface area contributed by atoms with Crippen molar-refractivity contribution in [2.75, 3.05) is 33.1 Å². The molecule has 1 aromatic rings. The maximum absolute atomic E-state index is 5.29. The molecule has 0 aliphatic heterocycles. The number of hydrogen-bond donors (Lipinski definition) is 2. The van der Waals surface area contributed by atoms with Gasteiger partial charge in [0.15, 0.2) is 5.96 Å². The number of hydrogen-bond acceptors (Lipinski definition) is 3. The normalized spacial score (nSPS) is 15.8. The van der Waals surface area contributed by atoms with Gasteiger partial charge in [-0.25, -0.2) is 4.99 Å². The zero-order valence-corrected chi connectivity index (χ0v) is 19.7. The summed E-state index contributed by atoms with van der Waals surface area (Å²) in [7, 11) is 1.79. The lowest BCUT2D eigenvalue weighted by molar-refractivity contribution is 0.0732. The van der Waals surface area contributed by atoms with Crippen molar-refractivity contribution >= 4 is 41.7 Å². The summed E-state index contributed by atoms with van der Waals surface area (Å²) >= 11 is 1.79. The molecule has 0 amide bonds. The molecular formula is C20H34IN3OS. The molecule has 1 aliphatic carbocycles. The molecule has 4 nitrogen and oxygen atoms in total. The highest BCUT2D eigenvalue weighted by atomic mass is 127. The standard InChI is InChI=1S/C20H33N3OS.HI/c1-5-21-19(23-15-20(9-6-10-20)11-12-24-3)22-14-17-8-7-16(2)13-18(17)25-4;/h7-8,13H,5-6,9-12,14-15H2,1-4H3,(H2,21,22,23);1H. The van der Waals surface area contributed by atoms with Crippen molar-refractivity contribution in [3.8, 4) is 0 Å². The summed E-state index contributed by atoms with van der Waals surface area (Å²) in [6.45, 7) is 7.65. The average Bonchev–Trinajstić information content (AvgIpc) is 2.58. The smallest absolute Gasteiger partial charge is 0.191 e. The third-order valence-corrected chi connectivity index (χ3v) is 5.90. The summed E-state index contributed by atoms with van der Waals surface area (Å²) in [5.74, 6) is 0.916. The minimum absolute atomic E-state index is 0. The van der Waals surface area contributed by atoms with Gasteiger partial charge in [0.05, 0.1) is 6.54 Å². The first-order valence-corrected chi connectivity index (χ1v) is 10.5. The molecule has 148 valence electrons. The molecule has 6 heteroatoms. The quantitative estimate of drug-likeness (QED) is 0.230. The maximum atomic E-state index is 5.29. The SMILES string of the molecule is CCNC(=NCc1ccc(C)cc1SC)NCC1(CCOC)CCC1.I. The molecule has 0 heterocycles. The molecule has 0 saturated heterocycles. The van der Waals surface area contributed by atoms with Crippen LogP contribution in [0.25, 0.3) is 0 Å². The molecule has 1 saturated carbocycles. The summed E-state index contributed by atoms with van der Waals surface area (Å²) in [5, 5.41) is 6.95. The third-order valence-electron chi connectivity index (χ3n) is 5.08. The second-order valence-electron chi connectivity index (χ2n) is 6.96. The Bertz CT molecular complexity index is 576. The highest BCUT2D eigenvalue weighted by Gasteiger charge is 2.36. The van der Waals surface area contributed by atoms with E-state index in [2.05, 4.69) is 48.9 Å². The summed E-state index contributed by atoms with van der Waals surface area (Å²) in [6.07, 6.45) is 7.17. The second-order valence-corrected chi connectivity index (χ2v) is 7.81. The molecule has 1 aliphatic rings. The fourth-order valence-electron chi connectivity index (χ4n) is 3.27. The van der Waals surface area contributed by atoms with Gasteiger partial charge in [-0.05, 0) is 62.0 Å². The largest absolute Gasteiger partial charge is 0.385 e. The maximum Gasteiger partial charge on any atom is 0.191 e. The Labute approximate surface area is 180 Å². The molecular weight excluding hydrogens is 457 g/mol. The second kappa shape index (κ2) is 12.1. The van der Waals surface area contributed by atoms with Gasteiger partial charge in [-0.1, -0.05) is 18.6 Å². The Balaban J connectivity index is 0.00000338. The zero-order valence-electron chi connectivity index (χ0n) is 16.6. The lowest BCUT2D eigenvalue weighted by Crippen LogP contribution is -2.47. The van der Waals surface area contributed by atoms with E-state index in [0.29, 0.717) is 12.0 Å². The van der Waals surface area contributed by atoms with Crippen LogP contribution >= 0.6 is 35.7 Å². The molecule has 1 fully saturated rings. The molecule has 0 aromatic heterocycles. The summed E-state index contributed by atoms with van der Waals surface area (Å²) < 4.78 is 5.29. The number of aliphatic imine (C=N–C) groups is 1. The van der Waals surface area contributed by atoms with Crippen LogP contribution in [0.5, 0.6) is 0 Å². The molecule has 26 heavy (non-hydrogen) atoms. The van der Waals surface area contributed by atoms with E-state index >= 15 is 0 Å². The molecule has 2 N–H and O–H groups in total. The van der Waals surface area contributed by atoms with Gasteiger partial charge in [0.25, 0.3) is 0 Å². The number of methoxy groups -OCH3 is 1. The van der Waals surface area contributed by atoms with Gasteiger partial charge in [-0.15, -0.1) is 35.7 Å². The minimum Gasteiger partial charge on any atom is -0.385 e. The molecule has 1 aromatic carbocycles. The third kappa shape index (κ3) is 6.93. The van der Waals surface area contributed by atoms with Crippen molar-refractivity contribution in [3.63, 3.8) is 0 Å². The van der Waals surface area contributed by atoms with Gasteiger partial charge < -0.3 is 15.4 Å². The van der Waals surface area contributed by atoms with Gasteiger partial charge in [0.1, 0.15) is 0 Å². The molecule has 0 unspecified atom stereocenters. The number of thioether (sulfide) groups is 1. The van der Waals surface area contributed by atoms with Crippen molar-refractivity contribution in [2.24, 2.45) is 10.4 Å². The Morgan fingerprint density at radius 2 is 2.08 bits per heavy atom. The first-order chi connectivity index (χ1) is 12.1. The Morgan fingerprint density at radius 1 is 1.31 bits per heavy atom. The average molecular weight is 491 g/mol. The number of benzene rings is 1. The van der Waals surface area contributed by atoms with E-state index in [1.807, 2.05) is 0 Å². The van der Waals surface area contributed by atoms with E-state index in [9.17, 15) is 0 Å². The summed E-state index contributed by atoms with van der Waals surface area (Å²) in [6, 6.07) is 6.60. The summed E-state index contributed by atoms with van der Waals surface area (Å²) in [5.41, 5.74) is 2.97. The van der Waals surface area contributed by atoms with Crippen LogP contribution in [0, 0.1) is 12.3 Å². The number of halogens is 1. The highest BCUT2D eigenvalue weighted by Crippen LogP contribution is 2.43. The van der Waals surface area contributed by atoms with Gasteiger partial charge in [0.2, 0.25) is 0 Å². The number of aryl methyl sites for hydroxylation is 1. The van der Waals surface area contributed by atoms with E-state index in [1.54, 1.807) is 18.9 Å². The minimum atomic E-state index is 0. The Morgan fingerprint density at radius 3 is 2.65 bits per heavy atom. The number of nitrogens with one attached hydrogen (secondary N) is 2. The van der Waals surface area contributed by atoms with Gasteiger partial charge in [-0.2, -0.15) is 0 Å². The van der Waals surface area contributed by atoms with E-state index in [0.717, 1.165) is 32.1 Å². The topological polar surface area (TPSA) is 45.7 Å². The monoisotopic (exact) mass is 491 g/mol. The predicted molar refractivity (Wildman–Crippen MR) is 124 cm³/mol. The van der Waals surface area contributed by atoms with Crippen molar-refractivity contribution in [1.82, 2.24) is 10.6 Å². The first kappa shape index (κ1) is 23.6. The van der Waals surface area contributed by atoms with E-state index in [-0.39, 0.29) is 24.0 Å². The van der Waals surface area contributed by atoms with Crippen LogP contribution in [-0.2, 0) is 11.3 Å². The highest BCUT2D eigenvalue weighted by molar-refractivity contribution is 14.0. The van der Waals surface area contributed by atoms with Crippen LogP contribution < -0.4 is 10.6 Å². The lowest BCUT2D eigenvalue weighted by Gasteiger charge is -2.42. The first-order valence-electron chi connectivity index (χ1n) is 9.27. The predicted octanol–water partition coefficient (Wildman–Crippen LogP) is 4.60. The van der Waals surface area contributed by atoms with Crippen molar-refractivity contribution in [3.05, 3.63) is 29.3 Å². The molecule has 0 atom stereocenters. The van der Waals surface area contributed by atoms with Crippen LogP contribution in [-0.4, -0.2) is 39.0 Å². The van der Waals surface area contributed by atoms with Crippen molar-refractivity contribution in [2.45, 2.75) is 51.0 Å².